The number of carbonyl (C=O) groups excluding carboxylic acids is 1. The van der Waals surface area contributed by atoms with E-state index in [-0.39, 0.29) is 35.7 Å². The highest BCUT2D eigenvalue weighted by molar-refractivity contribution is 5.99. The molecule has 0 spiro atoms. The summed E-state index contributed by atoms with van der Waals surface area (Å²) in [5.74, 6) is -1.07. The van der Waals surface area contributed by atoms with Crippen molar-refractivity contribution >= 4 is 23.4 Å². The summed E-state index contributed by atoms with van der Waals surface area (Å²) < 4.78 is 19.7. The van der Waals surface area contributed by atoms with Gasteiger partial charge in [0.1, 0.15) is 0 Å². The lowest BCUT2D eigenvalue weighted by Crippen LogP contribution is -2.49. The van der Waals surface area contributed by atoms with Crippen LogP contribution in [-0.4, -0.2) is 83.8 Å². The van der Waals surface area contributed by atoms with Crippen molar-refractivity contribution in [2.45, 2.75) is 37.8 Å². The molecule has 3 N–H and O–H groups in total. The van der Waals surface area contributed by atoms with E-state index in [1.165, 1.54) is 0 Å². The number of aliphatic imine (C=N–C) groups is 1. The van der Waals surface area contributed by atoms with Crippen molar-refractivity contribution in [2.24, 2.45) is 16.6 Å². The van der Waals surface area contributed by atoms with E-state index in [0.717, 1.165) is 56.5 Å². The van der Waals surface area contributed by atoms with Crippen LogP contribution in [-0.2, 0) is 9.53 Å². The van der Waals surface area contributed by atoms with Crippen molar-refractivity contribution in [2.75, 3.05) is 45.7 Å². The van der Waals surface area contributed by atoms with Crippen molar-refractivity contribution in [3.8, 4) is 0 Å². The maximum absolute atomic E-state index is 14.4. The Balaban J connectivity index is 1.51. The SMILES string of the molecule is COC=C1CC(=Nc2ncc(F)c(N[C@@H]3CCC[C@@H]3C(N)=O)n2)C=CC1N1CCN(C)CC1. The van der Waals surface area contributed by atoms with E-state index in [1.807, 2.05) is 6.08 Å². The molecule has 3 atom stereocenters. The number of nitrogens with one attached hydrogen (secondary N) is 1. The van der Waals surface area contributed by atoms with Gasteiger partial charge in [-0.25, -0.2) is 14.4 Å². The second-order valence-corrected chi connectivity index (χ2v) is 8.91. The number of ether oxygens (including phenoxy) is 1. The molecule has 0 radical (unpaired) electrons. The largest absolute Gasteiger partial charge is 0.504 e. The molecule has 1 saturated carbocycles. The Labute approximate surface area is 193 Å². The first-order valence-corrected chi connectivity index (χ1v) is 11.4. The first-order chi connectivity index (χ1) is 15.9. The number of likely N-dealkylation sites (N-methyl/N-ethyl adjacent to an activating group) is 1. The minimum absolute atomic E-state index is 0.0465. The van der Waals surface area contributed by atoms with Gasteiger partial charge in [-0.1, -0.05) is 12.5 Å². The molecule has 178 valence electrons. The van der Waals surface area contributed by atoms with E-state index in [0.29, 0.717) is 12.8 Å². The normalized spacial score (nSPS) is 29.0. The summed E-state index contributed by atoms with van der Waals surface area (Å²) in [6.07, 6.45) is 9.88. The maximum Gasteiger partial charge on any atom is 0.251 e. The number of carbonyl (C=O) groups is 1. The van der Waals surface area contributed by atoms with Gasteiger partial charge in [-0.15, -0.1) is 0 Å². The van der Waals surface area contributed by atoms with Crippen LogP contribution in [0.2, 0.25) is 0 Å². The Kier molecular flexibility index (Phi) is 7.34. The molecule has 3 aliphatic rings. The molecule has 10 heteroatoms. The molecular weight excluding hydrogens is 425 g/mol. The molecule has 2 aliphatic carbocycles. The topological polar surface area (TPSA) is 109 Å². The number of allylic oxidation sites excluding steroid dienone is 1. The zero-order chi connectivity index (χ0) is 23.4. The van der Waals surface area contributed by atoms with E-state index in [2.05, 4.69) is 43.2 Å². The van der Waals surface area contributed by atoms with Crippen LogP contribution < -0.4 is 11.1 Å². The number of hydrogen-bond acceptors (Lipinski definition) is 8. The van der Waals surface area contributed by atoms with Gasteiger partial charge >= 0.3 is 0 Å². The van der Waals surface area contributed by atoms with E-state index >= 15 is 0 Å². The van der Waals surface area contributed by atoms with Crippen molar-refractivity contribution in [3.05, 3.63) is 36.0 Å². The van der Waals surface area contributed by atoms with Crippen LogP contribution >= 0.6 is 0 Å². The number of nitrogens with zero attached hydrogens (tertiary/aromatic N) is 5. The van der Waals surface area contributed by atoms with Crippen LogP contribution in [0.15, 0.2) is 35.2 Å². The Morgan fingerprint density at radius 2 is 2.12 bits per heavy atom. The van der Waals surface area contributed by atoms with E-state index in [4.69, 9.17) is 10.5 Å². The summed E-state index contributed by atoms with van der Waals surface area (Å²) in [7, 11) is 3.78. The van der Waals surface area contributed by atoms with Gasteiger partial charge in [-0.3, -0.25) is 9.69 Å². The molecule has 1 unspecified atom stereocenters. The summed E-state index contributed by atoms with van der Waals surface area (Å²) in [5.41, 5.74) is 7.37. The van der Waals surface area contributed by atoms with Gasteiger partial charge in [-0.05, 0) is 31.5 Å². The molecule has 9 nitrogen and oxygen atoms in total. The number of anilines is 1. The molecule has 1 aromatic rings. The number of aromatic nitrogens is 2. The Morgan fingerprint density at radius 1 is 1.33 bits per heavy atom. The minimum Gasteiger partial charge on any atom is -0.504 e. The Hall–Kier alpha value is -2.85. The van der Waals surface area contributed by atoms with Crippen molar-refractivity contribution in [3.63, 3.8) is 0 Å². The van der Waals surface area contributed by atoms with Crippen LogP contribution in [0.4, 0.5) is 16.2 Å². The monoisotopic (exact) mass is 457 g/mol. The average Bonchev–Trinajstić information content (AvgIpc) is 3.26. The molecule has 2 heterocycles. The summed E-state index contributed by atoms with van der Waals surface area (Å²) in [6.45, 7) is 4.04. The summed E-state index contributed by atoms with van der Waals surface area (Å²) >= 11 is 0. The summed E-state index contributed by atoms with van der Waals surface area (Å²) in [6, 6.07) is -0.0698. The predicted octanol–water partition coefficient (Wildman–Crippen LogP) is 1.86. The molecule has 4 rings (SSSR count). The van der Waals surface area contributed by atoms with Crippen molar-refractivity contribution < 1.29 is 13.9 Å². The Morgan fingerprint density at radius 3 is 2.85 bits per heavy atom. The molecule has 33 heavy (non-hydrogen) atoms. The lowest BCUT2D eigenvalue weighted by molar-refractivity contribution is -0.121. The highest BCUT2D eigenvalue weighted by Crippen LogP contribution is 2.29. The van der Waals surface area contributed by atoms with E-state index in [9.17, 15) is 9.18 Å². The third kappa shape index (κ3) is 5.56. The number of rotatable bonds is 6. The lowest BCUT2D eigenvalue weighted by atomic mass is 9.93. The molecule has 0 bridgehead atoms. The minimum atomic E-state index is -0.580. The highest BCUT2D eigenvalue weighted by Gasteiger charge is 2.32. The standard InChI is InChI=1S/C23H32FN7O2/c1-30-8-10-31(11-9-30)20-7-6-16(12-15(20)14-33-2)27-23-26-13-18(24)22(29-23)28-19-5-3-4-17(19)21(25)32/h6-7,13-14,17,19-20H,3-5,8-12H2,1-2H3,(H2,25,32)(H,26,28,29)/t17-,19+,20?/m0/s1. The number of piperazine rings is 1. The second-order valence-electron chi connectivity index (χ2n) is 8.91. The lowest BCUT2D eigenvalue weighted by Gasteiger charge is -2.38. The average molecular weight is 458 g/mol. The fourth-order valence-electron chi connectivity index (χ4n) is 4.78. The highest BCUT2D eigenvalue weighted by atomic mass is 19.1. The van der Waals surface area contributed by atoms with Gasteiger partial charge in [0.15, 0.2) is 11.6 Å². The third-order valence-corrected chi connectivity index (χ3v) is 6.62. The smallest absolute Gasteiger partial charge is 0.251 e. The number of nitrogens with two attached hydrogens (primary N) is 1. The zero-order valence-corrected chi connectivity index (χ0v) is 19.2. The molecule has 1 aliphatic heterocycles. The molecular formula is C23H32FN7O2. The molecule has 0 aromatic carbocycles. The Bertz CT molecular complexity index is 956. The molecule has 1 saturated heterocycles. The maximum atomic E-state index is 14.4. The van der Waals surface area contributed by atoms with Crippen LogP contribution in [0.25, 0.3) is 0 Å². The number of methoxy groups -OCH3 is 1. The molecule has 2 fully saturated rings. The third-order valence-electron chi connectivity index (χ3n) is 6.62. The number of primary amides is 1. The van der Waals surface area contributed by atoms with Gasteiger partial charge in [0.05, 0.1) is 31.5 Å². The number of hydrogen-bond donors (Lipinski definition) is 2. The van der Waals surface area contributed by atoms with E-state index in [1.54, 1.807) is 13.4 Å². The van der Waals surface area contributed by atoms with E-state index < -0.39 is 5.82 Å². The summed E-state index contributed by atoms with van der Waals surface area (Å²) in [5, 5.41) is 3.04. The van der Waals surface area contributed by atoms with Gasteiger partial charge in [0.25, 0.3) is 5.95 Å². The van der Waals surface area contributed by atoms with Crippen LogP contribution in [0, 0.1) is 11.7 Å². The fourth-order valence-corrected chi connectivity index (χ4v) is 4.78. The second kappa shape index (κ2) is 10.4. The van der Waals surface area contributed by atoms with Crippen molar-refractivity contribution in [1.29, 1.82) is 0 Å². The van der Waals surface area contributed by atoms with Crippen LogP contribution in [0.1, 0.15) is 25.7 Å². The quantitative estimate of drug-likeness (QED) is 0.628. The number of amides is 1. The number of halogens is 1. The summed E-state index contributed by atoms with van der Waals surface area (Å²) in [4.78, 5) is 29.3. The van der Waals surface area contributed by atoms with Gasteiger partial charge in [0.2, 0.25) is 5.91 Å². The predicted molar refractivity (Wildman–Crippen MR) is 125 cm³/mol. The molecule has 1 aromatic heterocycles. The van der Waals surface area contributed by atoms with Gasteiger partial charge < -0.3 is 20.7 Å². The molecule has 1 amide bonds. The van der Waals surface area contributed by atoms with Crippen LogP contribution in [0.5, 0.6) is 0 Å². The van der Waals surface area contributed by atoms with Gasteiger partial charge in [-0.2, -0.15) is 4.98 Å². The van der Waals surface area contributed by atoms with Crippen LogP contribution in [0.3, 0.4) is 0 Å². The van der Waals surface area contributed by atoms with Crippen molar-refractivity contribution in [1.82, 2.24) is 19.8 Å². The zero-order valence-electron chi connectivity index (χ0n) is 19.2. The first kappa shape index (κ1) is 23.3. The first-order valence-electron chi connectivity index (χ1n) is 11.4. The van der Waals surface area contributed by atoms with Gasteiger partial charge in [0, 0.05) is 44.4 Å². The fraction of sp³-hybridized carbons (Fsp3) is 0.565.